The molecule has 0 spiro atoms. The van der Waals surface area contributed by atoms with Gasteiger partial charge in [0.15, 0.2) is 0 Å². The van der Waals surface area contributed by atoms with Crippen LogP contribution < -0.4 is 4.74 Å². The van der Waals surface area contributed by atoms with Gasteiger partial charge in [0.2, 0.25) is 0 Å². The molecule has 0 unspecified atom stereocenters. The molecule has 2 rings (SSSR count). The molecular formula is C22H26O3. The van der Waals surface area contributed by atoms with E-state index >= 15 is 0 Å². The number of rotatable bonds is 6. The zero-order valence-corrected chi connectivity index (χ0v) is 15.4. The Morgan fingerprint density at radius 1 is 1.08 bits per heavy atom. The summed E-state index contributed by atoms with van der Waals surface area (Å²) in [6, 6.07) is 11.0. The molecule has 1 N–H and O–H groups in total. The fourth-order valence-corrected chi connectivity index (χ4v) is 2.89. The number of ether oxygens (including phenoxy) is 1. The number of phenolic OH excluding ortho intramolecular Hbond substituents is 1. The number of hydrogen-bond donors (Lipinski definition) is 1. The predicted octanol–water partition coefficient (Wildman–Crippen LogP) is 5.59. The molecule has 0 aliphatic heterocycles. The normalized spacial score (nSPS) is 11.0. The second kappa shape index (κ2) is 8.02. The molecule has 132 valence electrons. The van der Waals surface area contributed by atoms with E-state index in [1.54, 1.807) is 18.2 Å². The summed E-state index contributed by atoms with van der Waals surface area (Å²) in [4.78, 5) is 12.9. The highest BCUT2D eigenvalue weighted by Gasteiger charge is 2.22. The first-order valence-electron chi connectivity index (χ1n) is 8.63. The molecule has 2 aromatic carbocycles. The summed E-state index contributed by atoms with van der Waals surface area (Å²) in [6.45, 7) is 12.0. The molecule has 0 radical (unpaired) electrons. The van der Waals surface area contributed by atoms with Crippen molar-refractivity contribution in [2.45, 2.75) is 46.0 Å². The van der Waals surface area contributed by atoms with Crippen molar-refractivity contribution in [2.75, 3.05) is 0 Å². The summed E-state index contributed by atoms with van der Waals surface area (Å²) in [5.41, 5.74) is 2.88. The number of hydrogen-bond acceptors (Lipinski definition) is 3. The minimum Gasteiger partial charge on any atom is -0.507 e. The lowest BCUT2D eigenvalue weighted by atomic mass is 9.94. The molecule has 25 heavy (non-hydrogen) atoms. The largest absolute Gasteiger partial charge is 0.507 e. The lowest BCUT2D eigenvalue weighted by molar-refractivity contribution is 0.0726. The van der Waals surface area contributed by atoms with Crippen LogP contribution in [0, 0.1) is 0 Å². The van der Waals surface area contributed by atoms with Gasteiger partial charge in [-0.05, 0) is 41.0 Å². The van der Waals surface area contributed by atoms with Crippen molar-refractivity contribution in [3.63, 3.8) is 0 Å². The number of phenols is 1. The minimum absolute atomic E-state index is 0.0718. The Labute approximate surface area is 150 Å². The highest BCUT2D eigenvalue weighted by Crippen LogP contribution is 2.35. The van der Waals surface area contributed by atoms with E-state index in [1.165, 1.54) is 6.07 Å². The third-order valence-corrected chi connectivity index (χ3v) is 4.21. The van der Waals surface area contributed by atoms with Gasteiger partial charge in [0, 0.05) is 0 Å². The maximum absolute atomic E-state index is 12.9. The second-order valence-electron chi connectivity index (χ2n) is 6.77. The molecule has 0 aliphatic rings. The van der Waals surface area contributed by atoms with Crippen LogP contribution in [0.3, 0.4) is 0 Å². The molecule has 0 saturated heterocycles. The van der Waals surface area contributed by atoms with Crippen LogP contribution in [0.5, 0.6) is 11.5 Å². The molecule has 0 heterocycles. The van der Waals surface area contributed by atoms with Crippen molar-refractivity contribution < 1.29 is 14.6 Å². The van der Waals surface area contributed by atoms with E-state index in [0.29, 0.717) is 17.7 Å². The fraction of sp³-hybridized carbons (Fsp3) is 0.318. The third kappa shape index (κ3) is 4.11. The van der Waals surface area contributed by atoms with Crippen molar-refractivity contribution in [1.82, 2.24) is 0 Å². The number of carbonyl (C=O) groups excluding carboxylic acids is 1. The van der Waals surface area contributed by atoms with Crippen LogP contribution in [0.25, 0.3) is 0 Å². The zero-order valence-electron chi connectivity index (χ0n) is 15.4. The van der Waals surface area contributed by atoms with Crippen molar-refractivity contribution in [1.29, 1.82) is 0 Å². The summed E-state index contributed by atoms with van der Waals surface area (Å²) in [5, 5.41) is 10.2. The number of carbonyl (C=O) groups is 1. The Hall–Kier alpha value is -2.55. The SMILES string of the molecule is C=CCc1cccc(O)c1C(=O)Oc1c(C(C)C)cccc1C(C)C. The lowest BCUT2D eigenvalue weighted by Gasteiger charge is -2.19. The Morgan fingerprint density at radius 2 is 1.64 bits per heavy atom. The zero-order chi connectivity index (χ0) is 18.6. The van der Waals surface area contributed by atoms with Crippen LogP contribution in [-0.4, -0.2) is 11.1 Å². The van der Waals surface area contributed by atoms with Gasteiger partial charge in [0.05, 0.1) is 0 Å². The average molecular weight is 338 g/mol. The van der Waals surface area contributed by atoms with Crippen molar-refractivity contribution in [2.24, 2.45) is 0 Å². The quantitative estimate of drug-likeness (QED) is 0.424. The van der Waals surface area contributed by atoms with Crippen LogP contribution in [0.15, 0.2) is 49.1 Å². The van der Waals surface area contributed by atoms with Gasteiger partial charge >= 0.3 is 5.97 Å². The van der Waals surface area contributed by atoms with Gasteiger partial charge in [-0.15, -0.1) is 6.58 Å². The Balaban J connectivity index is 2.50. The summed E-state index contributed by atoms with van der Waals surface area (Å²) in [6.07, 6.45) is 2.19. The summed E-state index contributed by atoms with van der Waals surface area (Å²) < 4.78 is 5.82. The Morgan fingerprint density at radius 3 is 2.16 bits per heavy atom. The summed E-state index contributed by atoms with van der Waals surface area (Å²) >= 11 is 0. The topological polar surface area (TPSA) is 46.5 Å². The molecule has 3 nitrogen and oxygen atoms in total. The van der Waals surface area contributed by atoms with E-state index in [1.807, 2.05) is 18.2 Å². The molecule has 0 saturated carbocycles. The first-order valence-corrected chi connectivity index (χ1v) is 8.63. The molecule has 0 aliphatic carbocycles. The standard InChI is InChI=1S/C22H26O3/c1-6-9-16-10-7-13-19(23)20(16)22(24)25-21-17(14(2)3)11-8-12-18(21)15(4)5/h6-8,10-15,23H,1,9H2,2-5H3. The smallest absolute Gasteiger partial charge is 0.347 e. The maximum atomic E-state index is 12.9. The molecule has 0 aromatic heterocycles. The van der Waals surface area contributed by atoms with E-state index in [9.17, 15) is 9.90 Å². The van der Waals surface area contributed by atoms with Crippen LogP contribution in [-0.2, 0) is 6.42 Å². The highest BCUT2D eigenvalue weighted by atomic mass is 16.5. The maximum Gasteiger partial charge on any atom is 0.347 e. The van der Waals surface area contributed by atoms with E-state index in [-0.39, 0.29) is 23.1 Å². The fourth-order valence-electron chi connectivity index (χ4n) is 2.89. The van der Waals surface area contributed by atoms with Gasteiger partial charge in [-0.25, -0.2) is 4.79 Å². The average Bonchev–Trinajstić information content (AvgIpc) is 2.54. The van der Waals surface area contributed by atoms with E-state index in [4.69, 9.17) is 4.74 Å². The molecule has 3 heteroatoms. The lowest BCUT2D eigenvalue weighted by Crippen LogP contribution is -2.14. The number of benzene rings is 2. The Bertz CT molecular complexity index is 747. The first-order chi connectivity index (χ1) is 11.9. The highest BCUT2D eigenvalue weighted by molar-refractivity contribution is 5.95. The van der Waals surface area contributed by atoms with Gasteiger partial charge in [0.25, 0.3) is 0 Å². The van der Waals surface area contributed by atoms with Gasteiger partial charge in [-0.3, -0.25) is 0 Å². The van der Waals surface area contributed by atoms with Crippen molar-refractivity contribution in [3.8, 4) is 11.5 Å². The number of esters is 1. The molecule has 0 bridgehead atoms. The molecule has 0 atom stereocenters. The summed E-state index contributed by atoms with van der Waals surface area (Å²) in [5.74, 6) is 0.435. The summed E-state index contributed by atoms with van der Waals surface area (Å²) in [7, 11) is 0. The number of allylic oxidation sites excluding steroid dienone is 1. The van der Waals surface area contributed by atoms with Crippen LogP contribution in [0.2, 0.25) is 0 Å². The van der Waals surface area contributed by atoms with Crippen LogP contribution in [0.1, 0.15) is 66.6 Å². The van der Waals surface area contributed by atoms with Gasteiger partial charge in [0.1, 0.15) is 17.1 Å². The second-order valence-corrected chi connectivity index (χ2v) is 6.77. The van der Waals surface area contributed by atoms with Crippen molar-refractivity contribution >= 4 is 5.97 Å². The molecular weight excluding hydrogens is 312 g/mol. The molecule has 0 fully saturated rings. The van der Waals surface area contributed by atoms with E-state index < -0.39 is 5.97 Å². The van der Waals surface area contributed by atoms with Crippen LogP contribution in [0.4, 0.5) is 0 Å². The monoisotopic (exact) mass is 338 g/mol. The predicted molar refractivity (Wildman–Crippen MR) is 102 cm³/mol. The van der Waals surface area contributed by atoms with E-state index in [0.717, 1.165) is 11.1 Å². The van der Waals surface area contributed by atoms with Gasteiger partial charge in [-0.1, -0.05) is 64.1 Å². The first kappa shape index (κ1) is 18.8. The van der Waals surface area contributed by atoms with E-state index in [2.05, 4.69) is 34.3 Å². The van der Waals surface area contributed by atoms with Crippen molar-refractivity contribution in [3.05, 3.63) is 71.3 Å². The molecule has 0 amide bonds. The number of para-hydroxylation sites is 1. The van der Waals surface area contributed by atoms with Crippen LogP contribution >= 0.6 is 0 Å². The number of aromatic hydroxyl groups is 1. The van der Waals surface area contributed by atoms with Gasteiger partial charge in [-0.2, -0.15) is 0 Å². The minimum atomic E-state index is -0.537. The molecule has 2 aromatic rings. The Kier molecular flexibility index (Phi) is 6.02. The third-order valence-electron chi connectivity index (χ3n) is 4.21. The van der Waals surface area contributed by atoms with Gasteiger partial charge < -0.3 is 9.84 Å².